The van der Waals surface area contributed by atoms with Crippen LogP contribution in [0.25, 0.3) is 0 Å². The quantitative estimate of drug-likeness (QED) is 0.698. The molecule has 3 rings (SSSR count). The Balaban J connectivity index is 1.77. The fourth-order valence-electron chi connectivity index (χ4n) is 2.39. The van der Waals surface area contributed by atoms with Gasteiger partial charge in [0.2, 0.25) is 0 Å². The van der Waals surface area contributed by atoms with E-state index in [4.69, 9.17) is 11.6 Å². The number of nitrogens with zero attached hydrogens (tertiary/aromatic N) is 1. The van der Waals surface area contributed by atoms with Crippen LogP contribution in [0.4, 0.5) is 10.1 Å². The lowest BCUT2D eigenvalue weighted by Crippen LogP contribution is -2.25. The van der Waals surface area contributed by atoms with E-state index in [2.05, 4.69) is 15.6 Å². The topological polar surface area (TPSA) is 71.1 Å². The van der Waals surface area contributed by atoms with Gasteiger partial charge < -0.3 is 10.6 Å². The minimum atomic E-state index is -0.472. The number of benzene rings is 2. The van der Waals surface area contributed by atoms with Crippen molar-refractivity contribution in [1.29, 1.82) is 0 Å². The largest absolute Gasteiger partial charge is 0.348 e. The third-order valence-electron chi connectivity index (χ3n) is 3.78. The monoisotopic (exact) mass is 383 g/mol. The third kappa shape index (κ3) is 4.89. The fraction of sp³-hybridized carbons (Fsp3) is 0.0500. The van der Waals surface area contributed by atoms with Crippen molar-refractivity contribution in [2.24, 2.45) is 0 Å². The Morgan fingerprint density at radius 1 is 0.963 bits per heavy atom. The van der Waals surface area contributed by atoms with Crippen LogP contribution < -0.4 is 10.6 Å². The Bertz CT molecular complexity index is 963. The summed E-state index contributed by atoms with van der Waals surface area (Å²) in [7, 11) is 0. The molecule has 0 aliphatic carbocycles. The maximum absolute atomic E-state index is 13.0. The minimum absolute atomic E-state index is 0.263. The number of hydrogen-bond donors (Lipinski definition) is 2. The van der Waals surface area contributed by atoms with E-state index in [1.54, 1.807) is 30.6 Å². The molecular formula is C20H15ClFN3O2. The zero-order chi connectivity index (χ0) is 19.2. The van der Waals surface area contributed by atoms with Crippen LogP contribution in [0.5, 0.6) is 0 Å². The Morgan fingerprint density at radius 3 is 2.37 bits per heavy atom. The number of pyridine rings is 1. The predicted octanol–water partition coefficient (Wildman–Crippen LogP) is 4.06. The summed E-state index contributed by atoms with van der Waals surface area (Å²) < 4.78 is 13.0. The predicted molar refractivity (Wildman–Crippen MR) is 101 cm³/mol. The highest BCUT2D eigenvalue weighted by Crippen LogP contribution is 2.22. The van der Waals surface area contributed by atoms with Gasteiger partial charge in [0, 0.05) is 29.5 Å². The first kappa shape index (κ1) is 18.5. The molecule has 5 nitrogen and oxygen atoms in total. The number of amides is 2. The minimum Gasteiger partial charge on any atom is -0.348 e. The van der Waals surface area contributed by atoms with Crippen molar-refractivity contribution in [3.05, 3.63) is 94.5 Å². The van der Waals surface area contributed by atoms with E-state index in [0.29, 0.717) is 11.6 Å². The normalized spacial score (nSPS) is 10.3. The second kappa shape index (κ2) is 8.42. The molecule has 1 aromatic heterocycles. The van der Waals surface area contributed by atoms with Crippen molar-refractivity contribution >= 4 is 29.1 Å². The van der Waals surface area contributed by atoms with Crippen molar-refractivity contribution in [2.45, 2.75) is 6.54 Å². The zero-order valence-electron chi connectivity index (χ0n) is 14.1. The highest BCUT2D eigenvalue weighted by molar-refractivity contribution is 6.31. The molecule has 0 spiro atoms. The first-order chi connectivity index (χ1) is 13.0. The zero-order valence-corrected chi connectivity index (χ0v) is 14.8. The number of nitrogens with one attached hydrogen (secondary N) is 2. The van der Waals surface area contributed by atoms with Crippen LogP contribution in [0.15, 0.2) is 67.0 Å². The lowest BCUT2D eigenvalue weighted by Gasteiger charge is -2.12. The summed E-state index contributed by atoms with van der Waals surface area (Å²) >= 11 is 6.01. The van der Waals surface area contributed by atoms with Gasteiger partial charge in [-0.15, -0.1) is 0 Å². The molecule has 0 saturated heterocycles. The number of rotatable bonds is 5. The first-order valence-electron chi connectivity index (χ1n) is 8.06. The van der Waals surface area contributed by atoms with Crippen LogP contribution in [0, 0.1) is 5.82 Å². The van der Waals surface area contributed by atoms with E-state index in [0.717, 1.165) is 5.56 Å². The van der Waals surface area contributed by atoms with Crippen molar-refractivity contribution in [3.63, 3.8) is 0 Å². The maximum atomic E-state index is 13.0. The molecule has 0 radical (unpaired) electrons. The number of carbonyl (C=O) groups excluding carboxylic acids is 2. The van der Waals surface area contributed by atoms with Gasteiger partial charge in [0.05, 0.1) is 11.3 Å². The summed E-state index contributed by atoms with van der Waals surface area (Å²) in [4.78, 5) is 28.8. The van der Waals surface area contributed by atoms with Crippen molar-refractivity contribution in [2.75, 3.05) is 5.32 Å². The number of hydrogen-bond acceptors (Lipinski definition) is 3. The fourth-order valence-corrected chi connectivity index (χ4v) is 2.56. The summed E-state index contributed by atoms with van der Waals surface area (Å²) in [5.74, 6) is -1.27. The second-order valence-corrected chi connectivity index (χ2v) is 6.13. The summed E-state index contributed by atoms with van der Waals surface area (Å²) in [6.45, 7) is 0.315. The Hall–Kier alpha value is -3.25. The lowest BCUT2D eigenvalue weighted by atomic mass is 10.1. The molecule has 0 aliphatic heterocycles. The number of aromatic nitrogens is 1. The second-order valence-electron chi connectivity index (χ2n) is 5.69. The van der Waals surface area contributed by atoms with Gasteiger partial charge in [0.15, 0.2) is 0 Å². The van der Waals surface area contributed by atoms with Gasteiger partial charge in [0.25, 0.3) is 11.8 Å². The molecular weight excluding hydrogens is 369 g/mol. The van der Waals surface area contributed by atoms with Crippen LogP contribution in [-0.2, 0) is 6.54 Å². The Kier molecular flexibility index (Phi) is 5.78. The summed E-state index contributed by atoms with van der Waals surface area (Å²) in [5, 5.41) is 5.80. The Morgan fingerprint density at radius 2 is 1.67 bits per heavy atom. The molecule has 0 saturated carbocycles. The molecule has 0 aliphatic rings. The average molecular weight is 384 g/mol. The van der Waals surface area contributed by atoms with E-state index >= 15 is 0 Å². The summed E-state index contributed by atoms with van der Waals surface area (Å²) in [6, 6.07) is 13.3. The van der Waals surface area contributed by atoms with Crippen molar-refractivity contribution in [1.82, 2.24) is 10.3 Å². The number of anilines is 1. The molecule has 136 valence electrons. The SMILES string of the molecule is O=C(Nc1cc(Cl)ccc1C(=O)NCc1ccncc1)c1ccc(F)cc1. The molecule has 0 bridgehead atoms. The molecule has 2 aromatic carbocycles. The summed E-state index contributed by atoms with van der Waals surface area (Å²) in [6.07, 6.45) is 3.27. The van der Waals surface area contributed by atoms with Crippen LogP contribution in [0.2, 0.25) is 5.02 Å². The highest BCUT2D eigenvalue weighted by Gasteiger charge is 2.15. The van der Waals surface area contributed by atoms with Gasteiger partial charge in [0.1, 0.15) is 5.82 Å². The van der Waals surface area contributed by atoms with Gasteiger partial charge in [-0.2, -0.15) is 0 Å². The average Bonchev–Trinajstić information content (AvgIpc) is 2.67. The van der Waals surface area contributed by atoms with Gasteiger partial charge in [-0.05, 0) is 60.2 Å². The number of carbonyl (C=O) groups is 2. The molecule has 7 heteroatoms. The van der Waals surface area contributed by atoms with Gasteiger partial charge >= 0.3 is 0 Å². The maximum Gasteiger partial charge on any atom is 0.255 e. The van der Waals surface area contributed by atoms with Crippen molar-refractivity contribution < 1.29 is 14.0 Å². The van der Waals surface area contributed by atoms with Crippen LogP contribution >= 0.6 is 11.6 Å². The smallest absolute Gasteiger partial charge is 0.255 e. The first-order valence-corrected chi connectivity index (χ1v) is 8.44. The Labute approximate surface area is 160 Å². The standard InChI is InChI=1S/C20H15ClFN3O2/c21-15-3-6-17(20(27)24-12-13-7-9-23-10-8-13)18(11-15)25-19(26)14-1-4-16(22)5-2-14/h1-11H,12H2,(H,24,27)(H,25,26). The molecule has 2 amide bonds. The van der Waals surface area contributed by atoms with Crippen LogP contribution in [0.1, 0.15) is 26.3 Å². The molecule has 1 heterocycles. The van der Waals surface area contributed by atoms with Gasteiger partial charge in [-0.1, -0.05) is 11.6 Å². The molecule has 0 fully saturated rings. The van der Waals surface area contributed by atoms with E-state index in [9.17, 15) is 14.0 Å². The molecule has 2 N–H and O–H groups in total. The van der Waals surface area contributed by atoms with Crippen LogP contribution in [0.3, 0.4) is 0 Å². The number of halogens is 2. The van der Waals surface area contributed by atoms with E-state index < -0.39 is 11.7 Å². The molecule has 0 unspecified atom stereocenters. The van der Waals surface area contributed by atoms with E-state index in [-0.39, 0.29) is 22.7 Å². The van der Waals surface area contributed by atoms with Crippen LogP contribution in [-0.4, -0.2) is 16.8 Å². The third-order valence-corrected chi connectivity index (χ3v) is 4.02. The molecule has 3 aromatic rings. The summed E-state index contributed by atoms with van der Waals surface area (Å²) in [5.41, 5.74) is 1.69. The van der Waals surface area contributed by atoms with Gasteiger partial charge in [-0.3, -0.25) is 14.6 Å². The highest BCUT2D eigenvalue weighted by atomic mass is 35.5. The van der Waals surface area contributed by atoms with E-state index in [1.165, 1.54) is 36.4 Å². The lowest BCUT2D eigenvalue weighted by molar-refractivity contribution is 0.0952. The van der Waals surface area contributed by atoms with Gasteiger partial charge in [-0.25, -0.2) is 4.39 Å². The van der Waals surface area contributed by atoms with Crippen molar-refractivity contribution in [3.8, 4) is 0 Å². The molecule has 0 atom stereocenters. The molecule has 27 heavy (non-hydrogen) atoms. The van der Waals surface area contributed by atoms with E-state index in [1.807, 2.05) is 0 Å².